The summed E-state index contributed by atoms with van der Waals surface area (Å²) in [5.74, 6) is 1.27. The third-order valence-electron chi connectivity index (χ3n) is 0.365. The Morgan fingerprint density at radius 1 is 1.08 bits per heavy atom. The van der Waals surface area contributed by atoms with Gasteiger partial charge in [0.25, 0.3) is 0 Å². The summed E-state index contributed by atoms with van der Waals surface area (Å²) in [7, 11) is 0. The van der Waals surface area contributed by atoms with Crippen LogP contribution >= 0.6 is 0 Å². The van der Waals surface area contributed by atoms with Gasteiger partial charge in [-0.15, -0.1) is 6.58 Å². The molecular formula is C12H28O. The molecule has 1 N–H and O–H groups in total. The highest BCUT2D eigenvalue weighted by Gasteiger charge is 1.81. The van der Waals surface area contributed by atoms with Crippen molar-refractivity contribution in [1.29, 1.82) is 0 Å². The molecule has 0 saturated heterocycles. The smallest absolute Gasteiger partial charge is 0.0453 e. The molecule has 0 aliphatic carbocycles. The molecule has 0 heterocycles. The molecular weight excluding hydrogens is 160 g/mol. The van der Waals surface area contributed by atoms with E-state index in [0.717, 1.165) is 5.92 Å². The van der Waals surface area contributed by atoms with E-state index < -0.39 is 0 Å². The SMILES string of the molecule is C=C(C)C.CC(C)C.CC(C)CO. The second kappa shape index (κ2) is 14.2. The van der Waals surface area contributed by atoms with Crippen molar-refractivity contribution in [3.8, 4) is 0 Å². The molecule has 0 aromatic rings. The Morgan fingerprint density at radius 2 is 1.15 bits per heavy atom. The van der Waals surface area contributed by atoms with Gasteiger partial charge < -0.3 is 5.11 Å². The van der Waals surface area contributed by atoms with Crippen LogP contribution in [0.3, 0.4) is 0 Å². The highest BCUT2D eigenvalue weighted by molar-refractivity contribution is 4.78. The third kappa shape index (κ3) is 381. The number of aliphatic hydroxyl groups excluding tert-OH is 1. The zero-order valence-corrected chi connectivity index (χ0v) is 10.5. The van der Waals surface area contributed by atoms with Gasteiger partial charge in [0.1, 0.15) is 0 Å². The summed E-state index contributed by atoms with van der Waals surface area (Å²) >= 11 is 0. The Balaban J connectivity index is -0.000000117. The first kappa shape index (κ1) is 18.5. The predicted molar refractivity (Wildman–Crippen MR) is 62.9 cm³/mol. The van der Waals surface area contributed by atoms with E-state index >= 15 is 0 Å². The van der Waals surface area contributed by atoms with Crippen molar-refractivity contribution in [2.75, 3.05) is 6.61 Å². The predicted octanol–water partition coefficient (Wildman–Crippen LogP) is 3.88. The van der Waals surface area contributed by atoms with E-state index in [0.29, 0.717) is 12.5 Å². The van der Waals surface area contributed by atoms with Gasteiger partial charge in [-0.2, -0.15) is 0 Å². The van der Waals surface area contributed by atoms with Crippen molar-refractivity contribution in [1.82, 2.24) is 0 Å². The lowest BCUT2D eigenvalue weighted by Gasteiger charge is -1.90. The van der Waals surface area contributed by atoms with E-state index in [1.807, 2.05) is 27.7 Å². The van der Waals surface area contributed by atoms with Crippen molar-refractivity contribution < 1.29 is 5.11 Å². The fourth-order valence-corrected chi connectivity index (χ4v) is 0. The van der Waals surface area contributed by atoms with Crippen LogP contribution in [0.1, 0.15) is 48.5 Å². The summed E-state index contributed by atoms with van der Waals surface area (Å²) in [5.41, 5.74) is 1.17. The molecule has 82 valence electrons. The molecule has 0 fully saturated rings. The zero-order valence-electron chi connectivity index (χ0n) is 10.5. The molecule has 0 rings (SSSR count). The van der Waals surface area contributed by atoms with Gasteiger partial charge in [-0.05, 0) is 25.7 Å². The van der Waals surface area contributed by atoms with E-state index in [2.05, 4.69) is 27.4 Å². The minimum absolute atomic E-state index is 0.306. The molecule has 0 bridgehead atoms. The molecule has 0 spiro atoms. The first-order valence-electron chi connectivity index (χ1n) is 4.96. The second-order valence-corrected chi connectivity index (χ2v) is 4.52. The molecule has 0 aromatic carbocycles. The van der Waals surface area contributed by atoms with E-state index in [1.165, 1.54) is 5.57 Å². The Morgan fingerprint density at radius 3 is 1.15 bits per heavy atom. The molecule has 0 aliphatic heterocycles. The summed E-state index contributed by atoms with van der Waals surface area (Å²) in [6.07, 6.45) is 0. The molecule has 0 aromatic heterocycles. The summed E-state index contributed by atoms with van der Waals surface area (Å²) < 4.78 is 0. The van der Waals surface area contributed by atoms with E-state index in [1.54, 1.807) is 0 Å². The third-order valence-corrected chi connectivity index (χ3v) is 0.365. The fraction of sp³-hybridized carbons (Fsp3) is 0.833. The van der Waals surface area contributed by atoms with Crippen LogP contribution in [0.2, 0.25) is 0 Å². The monoisotopic (exact) mass is 188 g/mol. The van der Waals surface area contributed by atoms with Crippen molar-refractivity contribution in [2.45, 2.75) is 48.5 Å². The average Bonchev–Trinajstić information content (AvgIpc) is 1.84. The minimum atomic E-state index is 0.306. The van der Waals surface area contributed by atoms with Gasteiger partial charge in [-0.3, -0.25) is 0 Å². The van der Waals surface area contributed by atoms with Gasteiger partial charge in [-0.25, -0.2) is 0 Å². The molecule has 1 heteroatoms. The van der Waals surface area contributed by atoms with Crippen molar-refractivity contribution >= 4 is 0 Å². The van der Waals surface area contributed by atoms with Crippen molar-refractivity contribution in [3.05, 3.63) is 12.2 Å². The van der Waals surface area contributed by atoms with Crippen LogP contribution in [0.15, 0.2) is 12.2 Å². The van der Waals surface area contributed by atoms with Crippen LogP contribution in [-0.2, 0) is 0 Å². The summed E-state index contributed by atoms with van der Waals surface area (Å²) in [6, 6.07) is 0. The van der Waals surface area contributed by atoms with Crippen LogP contribution in [0.25, 0.3) is 0 Å². The second-order valence-electron chi connectivity index (χ2n) is 4.52. The maximum absolute atomic E-state index is 8.14. The Kier molecular flexibility index (Phi) is 20.2. The number of rotatable bonds is 1. The summed E-state index contributed by atoms with van der Waals surface area (Å²) in [5, 5.41) is 8.14. The standard InChI is InChI=1S/C4H10O.C4H10.C4H8/c1-4(2)3-5;2*1-4(2)3/h4-5H,3H2,1-2H3;4H,1-3H3;1H2,2-3H3. The van der Waals surface area contributed by atoms with Gasteiger partial charge in [-0.1, -0.05) is 40.2 Å². The quantitative estimate of drug-likeness (QED) is 0.619. The van der Waals surface area contributed by atoms with Gasteiger partial charge >= 0.3 is 0 Å². The van der Waals surface area contributed by atoms with Gasteiger partial charge in [0.05, 0.1) is 0 Å². The van der Waals surface area contributed by atoms with Gasteiger partial charge in [0.2, 0.25) is 0 Å². The molecule has 0 amide bonds. The van der Waals surface area contributed by atoms with Crippen LogP contribution in [0.5, 0.6) is 0 Å². The maximum Gasteiger partial charge on any atom is 0.0453 e. The summed E-state index contributed by atoms with van der Waals surface area (Å²) in [4.78, 5) is 0. The molecule has 0 aliphatic rings. The Hall–Kier alpha value is -0.300. The first-order chi connectivity index (χ1) is 5.73. The number of allylic oxidation sites excluding steroid dienone is 1. The van der Waals surface area contributed by atoms with Crippen LogP contribution in [0.4, 0.5) is 0 Å². The highest BCUT2D eigenvalue weighted by atomic mass is 16.3. The maximum atomic E-state index is 8.14. The normalized spacial score (nSPS) is 8.46. The topological polar surface area (TPSA) is 20.2 Å². The van der Waals surface area contributed by atoms with Crippen molar-refractivity contribution in [2.24, 2.45) is 11.8 Å². The highest BCUT2D eigenvalue weighted by Crippen LogP contribution is 1.83. The molecule has 13 heavy (non-hydrogen) atoms. The average molecular weight is 188 g/mol. The molecule has 0 radical (unpaired) electrons. The molecule has 0 unspecified atom stereocenters. The lowest BCUT2D eigenvalue weighted by molar-refractivity contribution is 0.248. The largest absolute Gasteiger partial charge is 0.396 e. The lowest BCUT2D eigenvalue weighted by atomic mass is 10.2. The lowest BCUT2D eigenvalue weighted by Crippen LogP contribution is -1.90. The Labute approximate surface area is 84.9 Å². The van der Waals surface area contributed by atoms with Gasteiger partial charge in [0.15, 0.2) is 0 Å². The first-order valence-corrected chi connectivity index (χ1v) is 4.96. The van der Waals surface area contributed by atoms with Crippen LogP contribution in [0, 0.1) is 11.8 Å². The minimum Gasteiger partial charge on any atom is -0.396 e. The van der Waals surface area contributed by atoms with E-state index in [-0.39, 0.29) is 0 Å². The van der Waals surface area contributed by atoms with E-state index in [4.69, 9.17) is 5.11 Å². The van der Waals surface area contributed by atoms with Gasteiger partial charge in [0, 0.05) is 6.61 Å². The Bertz CT molecular complexity index is 86.5. The fourth-order valence-electron chi connectivity index (χ4n) is 0. The molecule has 0 saturated carbocycles. The number of hydrogen-bond acceptors (Lipinski definition) is 1. The summed E-state index contributed by atoms with van der Waals surface area (Å²) in [6.45, 7) is 18.2. The number of hydrogen-bond donors (Lipinski definition) is 1. The van der Waals surface area contributed by atoms with Crippen LogP contribution in [-0.4, -0.2) is 11.7 Å². The number of aliphatic hydroxyl groups is 1. The molecule has 1 nitrogen and oxygen atoms in total. The zero-order chi connectivity index (χ0) is 11.4. The van der Waals surface area contributed by atoms with Crippen LogP contribution < -0.4 is 0 Å². The van der Waals surface area contributed by atoms with Crippen molar-refractivity contribution in [3.63, 3.8) is 0 Å². The molecule has 0 atom stereocenters. The van der Waals surface area contributed by atoms with E-state index in [9.17, 15) is 0 Å².